The van der Waals surface area contributed by atoms with Crippen molar-refractivity contribution in [2.75, 3.05) is 25.2 Å². The second kappa shape index (κ2) is 9.84. The average molecular weight is 372 g/mol. The van der Waals surface area contributed by atoms with Crippen molar-refractivity contribution < 1.29 is 9.59 Å². The van der Waals surface area contributed by atoms with Crippen LogP contribution in [0.25, 0.3) is 0 Å². The van der Waals surface area contributed by atoms with Crippen molar-refractivity contribution >= 4 is 29.4 Å². The van der Waals surface area contributed by atoms with E-state index in [-0.39, 0.29) is 11.8 Å². The van der Waals surface area contributed by atoms with Crippen LogP contribution in [-0.4, -0.2) is 36.7 Å². The second-order valence-electron chi connectivity index (χ2n) is 6.12. The third kappa shape index (κ3) is 6.78. The molecular weight excluding hydrogens is 348 g/mol. The molecule has 0 atom stereocenters. The van der Waals surface area contributed by atoms with Crippen molar-refractivity contribution in [3.63, 3.8) is 0 Å². The molecule has 0 bridgehead atoms. The topological polar surface area (TPSA) is 87.5 Å². The third-order valence-corrected chi connectivity index (χ3v) is 4.54. The smallest absolute Gasteiger partial charge is 0.319 e. The number of rotatable bonds is 8. The van der Waals surface area contributed by atoms with Crippen molar-refractivity contribution in [3.05, 3.63) is 59.7 Å². The molecule has 0 spiro atoms. The summed E-state index contributed by atoms with van der Waals surface area (Å²) in [5.41, 5.74) is 8.07. The highest BCUT2D eigenvalue weighted by Crippen LogP contribution is 2.26. The highest BCUT2D eigenvalue weighted by atomic mass is 32.2. The number of thioether (sulfide) groups is 1. The van der Waals surface area contributed by atoms with Gasteiger partial charge in [-0.05, 0) is 37.4 Å². The minimum Gasteiger partial charge on any atom is -0.369 e. The van der Waals surface area contributed by atoms with Crippen LogP contribution in [0.5, 0.6) is 0 Å². The molecule has 3 amide bonds. The van der Waals surface area contributed by atoms with Crippen LogP contribution in [-0.2, 0) is 17.9 Å². The molecule has 0 aliphatic rings. The molecule has 0 aliphatic heterocycles. The van der Waals surface area contributed by atoms with E-state index in [4.69, 9.17) is 5.73 Å². The fourth-order valence-corrected chi connectivity index (χ4v) is 3.14. The maximum absolute atomic E-state index is 12.2. The molecule has 2 aromatic rings. The van der Waals surface area contributed by atoms with E-state index in [9.17, 15) is 9.59 Å². The fraction of sp³-hybridized carbons (Fsp3) is 0.263. The van der Waals surface area contributed by atoms with Gasteiger partial charge in [0.2, 0.25) is 5.91 Å². The standard InChI is InChI=1S/C19H24N4O2S/c1-23(2)12-15-7-5-6-14(10-15)11-21-19(25)22-16-8-3-4-9-17(16)26-13-18(20)24/h3-10H,11-13H2,1-2H3,(H2,20,24)(H2,21,22,25). The lowest BCUT2D eigenvalue weighted by Gasteiger charge is -2.13. The number of nitrogens with two attached hydrogens (primary N) is 1. The van der Waals surface area contributed by atoms with Gasteiger partial charge in [-0.3, -0.25) is 4.79 Å². The summed E-state index contributed by atoms with van der Waals surface area (Å²) in [5, 5.41) is 5.68. The van der Waals surface area contributed by atoms with Gasteiger partial charge in [0, 0.05) is 18.0 Å². The van der Waals surface area contributed by atoms with Gasteiger partial charge in [0.25, 0.3) is 0 Å². The van der Waals surface area contributed by atoms with Crippen LogP contribution in [0.4, 0.5) is 10.5 Å². The molecule has 0 unspecified atom stereocenters. The molecule has 0 aliphatic carbocycles. The highest BCUT2D eigenvalue weighted by molar-refractivity contribution is 8.00. The van der Waals surface area contributed by atoms with Crippen molar-refractivity contribution in [2.24, 2.45) is 5.73 Å². The first-order chi connectivity index (χ1) is 12.4. The minimum absolute atomic E-state index is 0.166. The van der Waals surface area contributed by atoms with Crippen molar-refractivity contribution in [3.8, 4) is 0 Å². The molecule has 0 radical (unpaired) electrons. The first-order valence-corrected chi connectivity index (χ1v) is 9.20. The Morgan fingerprint density at radius 2 is 1.81 bits per heavy atom. The first kappa shape index (κ1) is 19.8. The number of urea groups is 1. The van der Waals surface area contributed by atoms with Crippen molar-refractivity contribution in [2.45, 2.75) is 18.0 Å². The zero-order valence-corrected chi connectivity index (χ0v) is 15.8. The Bertz CT molecular complexity index is 765. The van der Waals surface area contributed by atoms with Crippen LogP contribution in [0.1, 0.15) is 11.1 Å². The summed E-state index contributed by atoms with van der Waals surface area (Å²) in [4.78, 5) is 26.1. The summed E-state index contributed by atoms with van der Waals surface area (Å²) >= 11 is 1.30. The summed E-state index contributed by atoms with van der Waals surface area (Å²) in [5.74, 6) is -0.231. The number of nitrogens with zero attached hydrogens (tertiary/aromatic N) is 1. The summed E-state index contributed by atoms with van der Waals surface area (Å²) in [6.07, 6.45) is 0. The number of carbonyl (C=O) groups is 2. The number of amides is 3. The van der Waals surface area contributed by atoms with Gasteiger partial charge in [-0.2, -0.15) is 0 Å². The summed E-state index contributed by atoms with van der Waals surface area (Å²) in [6, 6.07) is 15.1. The van der Waals surface area contributed by atoms with Crippen molar-refractivity contribution in [1.82, 2.24) is 10.2 Å². The summed E-state index contributed by atoms with van der Waals surface area (Å²) in [6.45, 7) is 1.29. The number of para-hydroxylation sites is 1. The molecule has 2 rings (SSSR count). The molecule has 2 aromatic carbocycles. The van der Waals surface area contributed by atoms with E-state index in [1.807, 2.05) is 44.4 Å². The Labute approximate surface area is 158 Å². The first-order valence-electron chi connectivity index (χ1n) is 8.21. The molecule has 6 nitrogen and oxygen atoms in total. The van der Waals surface area contributed by atoms with Gasteiger partial charge >= 0.3 is 6.03 Å². The van der Waals surface area contributed by atoms with Gasteiger partial charge in [0.05, 0.1) is 11.4 Å². The van der Waals surface area contributed by atoms with Crippen LogP contribution in [0, 0.1) is 0 Å². The normalized spacial score (nSPS) is 10.6. The number of anilines is 1. The Morgan fingerprint density at radius 1 is 1.08 bits per heavy atom. The minimum atomic E-state index is -0.396. The number of primary amides is 1. The molecule has 0 saturated carbocycles. The van der Waals surface area contributed by atoms with E-state index >= 15 is 0 Å². The van der Waals surface area contributed by atoms with Gasteiger partial charge in [-0.25, -0.2) is 4.79 Å². The zero-order valence-electron chi connectivity index (χ0n) is 15.0. The van der Waals surface area contributed by atoms with Crippen molar-refractivity contribution in [1.29, 1.82) is 0 Å². The van der Waals surface area contributed by atoms with Crippen LogP contribution in [0.15, 0.2) is 53.4 Å². The number of benzene rings is 2. The van der Waals surface area contributed by atoms with Gasteiger partial charge in [-0.15, -0.1) is 11.8 Å². The Morgan fingerprint density at radius 3 is 2.54 bits per heavy atom. The van der Waals surface area contributed by atoms with Crippen LogP contribution < -0.4 is 16.4 Å². The number of hydrogen-bond donors (Lipinski definition) is 3. The fourth-order valence-electron chi connectivity index (χ4n) is 2.40. The number of carbonyl (C=O) groups excluding carboxylic acids is 2. The second-order valence-corrected chi connectivity index (χ2v) is 7.13. The quantitative estimate of drug-likeness (QED) is 0.622. The van der Waals surface area contributed by atoms with E-state index < -0.39 is 5.91 Å². The SMILES string of the molecule is CN(C)Cc1cccc(CNC(=O)Nc2ccccc2SCC(N)=O)c1. The molecule has 0 aromatic heterocycles. The van der Waals surface area contributed by atoms with E-state index in [1.165, 1.54) is 17.3 Å². The molecule has 138 valence electrons. The maximum atomic E-state index is 12.2. The Kier molecular flexibility index (Phi) is 7.50. The van der Waals surface area contributed by atoms with E-state index in [0.29, 0.717) is 12.2 Å². The lowest BCUT2D eigenvalue weighted by atomic mass is 10.1. The maximum Gasteiger partial charge on any atom is 0.319 e. The Hall–Kier alpha value is -2.51. The highest BCUT2D eigenvalue weighted by Gasteiger charge is 2.08. The molecule has 0 heterocycles. The molecule has 0 saturated heterocycles. The van der Waals surface area contributed by atoms with E-state index in [0.717, 1.165) is 17.0 Å². The lowest BCUT2D eigenvalue weighted by molar-refractivity contribution is -0.115. The zero-order chi connectivity index (χ0) is 18.9. The molecule has 26 heavy (non-hydrogen) atoms. The van der Waals surface area contributed by atoms with Crippen LogP contribution >= 0.6 is 11.8 Å². The molecule has 4 N–H and O–H groups in total. The summed E-state index contributed by atoms with van der Waals surface area (Å²) in [7, 11) is 4.04. The van der Waals surface area contributed by atoms with E-state index in [1.54, 1.807) is 6.07 Å². The van der Waals surface area contributed by atoms with Gasteiger partial charge < -0.3 is 21.3 Å². The third-order valence-electron chi connectivity index (χ3n) is 3.45. The average Bonchev–Trinajstić information content (AvgIpc) is 2.59. The lowest BCUT2D eigenvalue weighted by Crippen LogP contribution is -2.28. The van der Waals surface area contributed by atoms with Crippen LogP contribution in [0.3, 0.4) is 0 Å². The molecule has 7 heteroatoms. The number of hydrogen-bond acceptors (Lipinski definition) is 4. The largest absolute Gasteiger partial charge is 0.369 e. The monoisotopic (exact) mass is 372 g/mol. The number of nitrogens with one attached hydrogen (secondary N) is 2. The van der Waals surface area contributed by atoms with Gasteiger partial charge in [0.1, 0.15) is 0 Å². The van der Waals surface area contributed by atoms with Gasteiger partial charge in [0.15, 0.2) is 0 Å². The predicted molar refractivity (Wildman–Crippen MR) is 106 cm³/mol. The summed E-state index contributed by atoms with van der Waals surface area (Å²) < 4.78 is 0. The Balaban J connectivity index is 1.92. The van der Waals surface area contributed by atoms with Crippen LogP contribution in [0.2, 0.25) is 0 Å². The van der Waals surface area contributed by atoms with Gasteiger partial charge in [-0.1, -0.05) is 36.4 Å². The molecule has 0 fully saturated rings. The van der Waals surface area contributed by atoms with E-state index in [2.05, 4.69) is 27.7 Å². The molecular formula is C19H24N4O2S. The predicted octanol–water partition coefficient (Wildman–Crippen LogP) is 2.65.